The van der Waals surface area contributed by atoms with E-state index in [9.17, 15) is 14.9 Å². The van der Waals surface area contributed by atoms with Gasteiger partial charge in [-0.1, -0.05) is 48.9 Å². The number of nitro groups is 1. The quantitative estimate of drug-likeness (QED) is 0.673. The van der Waals surface area contributed by atoms with Gasteiger partial charge in [-0.05, 0) is 23.6 Å². The standard InChI is InChI=1S/C16H15ClN2O3/c1-11(12-5-3-2-4-6-12)10-18-16(20)13-7-8-14(17)15(9-13)19(21)22/h2-9,11H,10H2,1H3,(H,18,20)/t11-/m1/s1. The second-order valence-electron chi connectivity index (χ2n) is 4.95. The van der Waals surface area contributed by atoms with E-state index in [-0.39, 0.29) is 28.1 Å². The zero-order chi connectivity index (χ0) is 16.1. The van der Waals surface area contributed by atoms with E-state index < -0.39 is 4.92 Å². The Hall–Kier alpha value is -2.40. The van der Waals surface area contributed by atoms with Crippen molar-refractivity contribution in [2.24, 2.45) is 0 Å². The minimum atomic E-state index is -0.605. The number of nitrogens with zero attached hydrogens (tertiary/aromatic N) is 1. The number of carbonyl (C=O) groups is 1. The zero-order valence-corrected chi connectivity index (χ0v) is 12.7. The Balaban J connectivity index is 2.04. The molecule has 2 aromatic carbocycles. The highest BCUT2D eigenvalue weighted by atomic mass is 35.5. The molecule has 0 spiro atoms. The molecule has 0 bridgehead atoms. The second kappa shape index (κ2) is 7.04. The fraction of sp³-hybridized carbons (Fsp3) is 0.188. The number of nitrogens with one attached hydrogen (secondary N) is 1. The van der Waals surface area contributed by atoms with E-state index in [1.165, 1.54) is 18.2 Å². The third kappa shape index (κ3) is 3.83. The molecule has 2 rings (SSSR count). The van der Waals surface area contributed by atoms with Crippen LogP contribution in [-0.2, 0) is 0 Å². The molecule has 0 aromatic heterocycles. The monoisotopic (exact) mass is 318 g/mol. The van der Waals surface area contributed by atoms with Crippen LogP contribution in [0.15, 0.2) is 48.5 Å². The van der Waals surface area contributed by atoms with Gasteiger partial charge >= 0.3 is 0 Å². The highest BCUT2D eigenvalue weighted by Crippen LogP contribution is 2.25. The van der Waals surface area contributed by atoms with Gasteiger partial charge < -0.3 is 5.32 Å². The molecule has 2 aromatic rings. The van der Waals surface area contributed by atoms with Crippen molar-refractivity contribution in [1.29, 1.82) is 0 Å². The number of carbonyl (C=O) groups excluding carboxylic acids is 1. The number of hydrogen-bond donors (Lipinski definition) is 1. The van der Waals surface area contributed by atoms with Crippen molar-refractivity contribution in [3.8, 4) is 0 Å². The highest BCUT2D eigenvalue weighted by Gasteiger charge is 2.16. The maximum atomic E-state index is 12.1. The van der Waals surface area contributed by atoms with Gasteiger partial charge in [0.15, 0.2) is 0 Å². The predicted molar refractivity (Wildman–Crippen MR) is 85.3 cm³/mol. The first kappa shape index (κ1) is 16.0. The normalized spacial score (nSPS) is 11.7. The summed E-state index contributed by atoms with van der Waals surface area (Å²) < 4.78 is 0. The second-order valence-corrected chi connectivity index (χ2v) is 5.35. The summed E-state index contributed by atoms with van der Waals surface area (Å²) in [5.74, 6) is -0.213. The van der Waals surface area contributed by atoms with Crippen LogP contribution in [0.3, 0.4) is 0 Å². The van der Waals surface area contributed by atoms with Gasteiger partial charge in [-0.3, -0.25) is 14.9 Å². The van der Waals surface area contributed by atoms with Gasteiger partial charge in [0.25, 0.3) is 11.6 Å². The van der Waals surface area contributed by atoms with Gasteiger partial charge in [0.2, 0.25) is 0 Å². The molecule has 1 amide bonds. The Morgan fingerprint density at radius 1 is 1.27 bits per heavy atom. The van der Waals surface area contributed by atoms with Gasteiger partial charge in [-0.25, -0.2) is 0 Å². The average Bonchev–Trinajstić information content (AvgIpc) is 2.53. The van der Waals surface area contributed by atoms with Crippen LogP contribution in [0.1, 0.15) is 28.8 Å². The first-order chi connectivity index (χ1) is 10.5. The summed E-state index contributed by atoms with van der Waals surface area (Å²) in [5.41, 5.74) is 1.06. The summed E-state index contributed by atoms with van der Waals surface area (Å²) in [6.07, 6.45) is 0. The van der Waals surface area contributed by atoms with Crippen LogP contribution in [0.4, 0.5) is 5.69 Å². The van der Waals surface area contributed by atoms with Crippen molar-refractivity contribution in [2.75, 3.05) is 6.54 Å². The molecule has 6 heteroatoms. The molecule has 0 heterocycles. The van der Waals surface area contributed by atoms with Gasteiger partial charge in [0.05, 0.1) is 4.92 Å². The molecular formula is C16H15ClN2O3. The number of benzene rings is 2. The lowest BCUT2D eigenvalue weighted by atomic mass is 10.0. The molecule has 22 heavy (non-hydrogen) atoms. The Morgan fingerprint density at radius 3 is 2.59 bits per heavy atom. The zero-order valence-electron chi connectivity index (χ0n) is 12.0. The summed E-state index contributed by atoms with van der Waals surface area (Å²) in [6, 6.07) is 13.8. The lowest BCUT2D eigenvalue weighted by Gasteiger charge is -2.13. The molecule has 0 saturated carbocycles. The third-order valence-corrected chi connectivity index (χ3v) is 3.66. The minimum Gasteiger partial charge on any atom is -0.351 e. The van der Waals surface area contributed by atoms with Gasteiger partial charge in [-0.15, -0.1) is 0 Å². The fourth-order valence-electron chi connectivity index (χ4n) is 2.04. The van der Waals surface area contributed by atoms with Crippen LogP contribution >= 0.6 is 11.6 Å². The van der Waals surface area contributed by atoms with Crippen LogP contribution in [-0.4, -0.2) is 17.4 Å². The Morgan fingerprint density at radius 2 is 1.95 bits per heavy atom. The Kier molecular flexibility index (Phi) is 5.12. The number of hydrogen-bond acceptors (Lipinski definition) is 3. The molecule has 0 aliphatic rings. The maximum Gasteiger partial charge on any atom is 0.288 e. The maximum absolute atomic E-state index is 12.1. The van der Waals surface area contributed by atoms with E-state index in [0.29, 0.717) is 6.54 Å². The van der Waals surface area contributed by atoms with E-state index in [0.717, 1.165) is 5.56 Å². The summed E-state index contributed by atoms with van der Waals surface area (Å²) in [6.45, 7) is 2.44. The first-order valence-electron chi connectivity index (χ1n) is 6.76. The highest BCUT2D eigenvalue weighted by molar-refractivity contribution is 6.32. The summed E-state index contributed by atoms with van der Waals surface area (Å²) in [7, 11) is 0. The molecule has 0 fully saturated rings. The number of amides is 1. The van der Waals surface area contributed by atoms with Crippen molar-refractivity contribution in [3.63, 3.8) is 0 Å². The topological polar surface area (TPSA) is 72.2 Å². The van der Waals surface area contributed by atoms with E-state index in [2.05, 4.69) is 5.32 Å². The van der Waals surface area contributed by atoms with Crippen molar-refractivity contribution in [1.82, 2.24) is 5.32 Å². The molecule has 0 radical (unpaired) electrons. The van der Waals surface area contributed by atoms with E-state index in [4.69, 9.17) is 11.6 Å². The first-order valence-corrected chi connectivity index (χ1v) is 7.14. The van der Waals surface area contributed by atoms with E-state index >= 15 is 0 Å². The Labute approximate surface area is 133 Å². The lowest BCUT2D eigenvalue weighted by molar-refractivity contribution is -0.384. The molecule has 0 unspecified atom stereocenters. The van der Waals surface area contributed by atoms with Crippen molar-refractivity contribution in [3.05, 3.63) is 74.8 Å². The number of halogens is 1. The number of nitro benzene ring substituents is 1. The summed E-state index contributed by atoms with van der Waals surface area (Å²) >= 11 is 5.73. The van der Waals surface area contributed by atoms with Crippen molar-refractivity contribution < 1.29 is 9.72 Å². The average molecular weight is 319 g/mol. The molecule has 1 atom stereocenters. The summed E-state index contributed by atoms with van der Waals surface area (Å²) in [4.78, 5) is 22.3. The molecule has 0 saturated heterocycles. The van der Waals surface area contributed by atoms with Gasteiger partial charge in [0, 0.05) is 18.2 Å². The van der Waals surface area contributed by atoms with Gasteiger partial charge in [0.1, 0.15) is 5.02 Å². The van der Waals surface area contributed by atoms with Crippen LogP contribution in [0, 0.1) is 10.1 Å². The fourth-order valence-corrected chi connectivity index (χ4v) is 2.23. The largest absolute Gasteiger partial charge is 0.351 e. The smallest absolute Gasteiger partial charge is 0.288 e. The van der Waals surface area contributed by atoms with E-state index in [1.54, 1.807) is 0 Å². The third-order valence-electron chi connectivity index (χ3n) is 3.34. The molecule has 0 aliphatic heterocycles. The molecule has 1 N–H and O–H groups in total. The molecule has 0 aliphatic carbocycles. The predicted octanol–water partition coefficient (Wildman–Crippen LogP) is 3.78. The van der Waals surface area contributed by atoms with Crippen LogP contribution in [0.2, 0.25) is 5.02 Å². The molecule has 5 nitrogen and oxygen atoms in total. The SMILES string of the molecule is C[C@H](CNC(=O)c1ccc(Cl)c([N+](=O)[O-])c1)c1ccccc1. The van der Waals surface area contributed by atoms with E-state index in [1.807, 2.05) is 37.3 Å². The summed E-state index contributed by atoms with van der Waals surface area (Å²) in [5, 5.41) is 13.6. The van der Waals surface area contributed by atoms with Crippen molar-refractivity contribution >= 4 is 23.2 Å². The molecule has 114 valence electrons. The minimum absolute atomic E-state index is 0.0132. The van der Waals surface area contributed by atoms with Crippen LogP contribution < -0.4 is 5.32 Å². The van der Waals surface area contributed by atoms with Crippen molar-refractivity contribution in [2.45, 2.75) is 12.8 Å². The molecular weight excluding hydrogens is 304 g/mol. The van der Waals surface area contributed by atoms with Crippen LogP contribution in [0.25, 0.3) is 0 Å². The Bertz CT molecular complexity index is 689. The number of rotatable bonds is 5. The van der Waals surface area contributed by atoms with Crippen LogP contribution in [0.5, 0.6) is 0 Å². The lowest BCUT2D eigenvalue weighted by Crippen LogP contribution is -2.27. The van der Waals surface area contributed by atoms with Gasteiger partial charge in [-0.2, -0.15) is 0 Å².